The van der Waals surface area contributed by atoms with Gasteiger partial charge in [-0.3, -0.25) is 4.79 Å². The number of ether oxygens (including phenoxy) is 1. The van der Waals surface area contributed by atoms with Crippen LogP contribution in [0.15, 0.2) is 89.8 Å². The highest BCUT2D eigenvalue weighted by atomic mass is 32.2. The predicted octanol–water partition coefficient (Wildman–Crippen LogP) is 3.95. The topological polar surface area (TPSA) is 106 Å². The number of pyridine rings is 1. The summed E-state index contributed by atoms with van der Waals surface area (Å²) in [4.78, 5) is 30.1. The molecule has 8 nitrogen and oxygen atoms in total. The van der Waals surface area contributed by atoms with Gasteiger partial charge in [-0.2, -0.15) is 0 Å². The van der Waals surface area contributed by atoms with Gasteiger partial charge < -0.3 is 10.1 Å². The largest absolute Gasteiger partial charge is 0.452 e. The second-order valence-corrected chi connectivity index (χ2v) is 10.0. The van der Waals surface area contributed by atoms with Gasteiger partial charge in [-0.05, 0) is 30.3 Å². The van der Waals surface area contributed by atoms with Crippen LogP contribution in [0.3, 0.4) is 0 Å². The lowest BCUT2D eigenvalue weighted by atomic mass is 10.0. The number of fused-ring (bicyclic) bond motifs is 1. The van der Waals surface area contributed by atoms with Crippen molar-refractivity contribution < 1.29 is 22.7 Å². The first kappa shape index (κ1) is 24.1. The summed E-state index contributed by atoms with van der Waals surface area (Å²) in [5, 5.41) is 3.17. The zero-order valence-corrected chi connectivity index (χ0v) is 20.0. The number of para-hydroxylation sites is 1. The zero-order chi connectivity index (χ0) is 25.0. The van der Waals surface area contributed by atoms with E-state index in [1.807, 2.05) is 36.4 Å². The van der Waals surface area contributed by atoms with Gasteiger partial charge in [0.05, 0.1) is 21.7 Å². The molecule has 3 aromatic carbocycles. The number of nitrogens with one attached hydrogen (secondary N) is 1. The minimum Gasteiger partial charge on any atom is -0.452 e. The molecule has 1 aromatic heterocycles. The Labute approximate surface area is 203 Å². The number of hydrogen-bond acceptors (Lipinski definition) is 6. The van der Waals surface area contributed by atoms with Crippen LogP contribution < -0.4 is 5.32 Å². The molecule has 178 valence electrons. The molecule has 0 aliphatic rings. The average molecular weight is 490 g/mol. The average Bonchev–Trinajstić information content (AvgIpc) is 2.87. The monoisotopic (exact) mass is 489 g/mol. The number of nitrogens with zero attached hydrogens (tertiary/aromatic N) is 2. The molecule has 4 aromatic rings. The maximum absolute atomic E-state index is 12.9. The maximum Gasteiger partial charge on any atom is 0.339 e. The SMILES string of the molecule is CN(C)S(=O)(=O)c1cccc(NC(=O)COC(=O)c2cc(-c3ccccc3)nc3ccccc23)c1. The molecule has 0 radical (unpaired) electrons. The Morgan fingerprint density at radius 1 is 0.914 bits per heavy atom. The van der Waals surface area contributed by atoms with E-state index in [1.165, 1.54) is 32.3 Å². The van der Waals surface area contributed by atoms with E-state index in [4.69, 9.17) is 4.74 Å². The number of sulfonamides is 1. The highest BCUT2D eigenvalue weighted by molar-refractivity contribution is 7.89. The van der Waals surface area contributed by atoms with E-state index in [2.05, 4.69) is 10.3 Å². The molecule has 35 heavy (non-hydrogen) atoms. The van der Waals surface area contributed by atoms with Crippen molar-refractivity contribution in [1.82, 2.24) is 9.29 Å². The Bertz CT molecular complexity index is 1500. The first-order valence-corrected chi connectivity index (χ1v) is 12.1. The first-order chi connectivity index (χ1) is 16.8. The smallest absolute Gasteiger partial charge is 0.339 e. The summed E-state index contributed by atoms with van der Waals surface area (Å²) < 4.78 is 31.0. The molecule has 4 rings (SSSR count). The van der Waals surface area contributed by atoms with E-state index in [1.54, 1.807) is 30.3 Å². The van der Waals surface area contributed by atoms with E-state index in [-0.39, 0.29) is 10.6 Å². The predicted molar refractivity (Wildman–Crippen MR) is 133 cm³/mol. The number of carbonyl (C=O) groups excluding carboxylic acids is 2. The van der Waals surface area contributed by atoms with Gasteiger partial charge in [0, 0.05) is 30.7 Å². The molecule has 1 N–H and O–H groups in total. The molecule has 0 saturated carbocycles. The lowest BCUT2D eigenvalue weighted by Crippen LogP contribution is -2.23. The van der Waals surface area contributed by atoms with Gasteiger partial charge in [0.15, 0.2) is 6.61 Å². The number of esters is 1. The van der Waals surface area contributed by atoms with Crippen LogP contribution in [0.25, 0.3) is 22.2 Å². The number of amides is 1. The molecule has 0 spiro atoms. The minimum absolute atomic E-state index is 0.0361. The van der Waals surface area contributed by atoms with Crippen molar-refractivity contribution in [1.29, 1.82) is 0 Å². The van der Waals surface area contributed by atoms with Crippen molar-refractivity contribution in [2.75, 3.05) is 26.0 Å². The van der Waals surface area contributed by atoms with Gasteiger partial charge in [-0.25, -0.2) is 22.5 Å². The summed E-state index contributed by atoms with van der Waals surface area (Å²) in [7, 11) is -0.809. The Kier molecular flexibility index (Phi) is 6.90. The van der Waals surface area contributed by atoms with Gasteiger partial charge in [-0.15, -0.1) is 0 Å². The summed E-state index contributed by atoms with van der Waals surface area (Å²) >= 11 is 0. The Hall–Kier alpha value is -4.08. The van der Waals surface area contributed by atoms with E-state index < -0.39 is 28.5 Å². The van der Waals surface area contributed by atoms with Crippen LogP contribution in [0.5, 0.6) is 0 Å². The maximum atomic E-state index is 12.9. The number of benzene rings is 3. The summed E-state index contributed by atoms with van der Waals surface area (Å²) in [6, 6.07) is 24.1. The van der Waals surface area contributed by atoms with Gasteiger partial charge in [-0.1, -0.05) is 54.6 Å². The van der Waals surface area contributed by atoms with Crippen LogP contribution in [0, 0.1) is 0 Å². The number of carbonyl (C=O) groups is 2. The van der Waals surface area contributed by atoms with Crippen molar-refractivity contribution in [3.63, 3.8) is 0 Å². The molecule has 0 fully saturated rings. The number of hydrogen-bond donors (Lipinski definition) is 1. The fourth-order valence-electron chi connectivity index (χ4n) is 3.45. The van der Waals surface area contributed by atoms with Crippen molar-refractivity contribution in [2.45, 2.75) is 4.90 Å². The van der Waals surface area contributed by atoms with Gasteiger partial charge in [0.1, 0.15) is 0 Å². The molecule has 1 heterocycles. The summed E-state index contributed by atoms with van der Waals surface area (Å²) in [5.74, 6) is -1.26. The molecule has 0 bridgehead atoms. The molecule has 1 amide bonds. The van der Waals surface area contributed by atoms with Crippen molar-refractivity contribution in [2.24, 2.45) is 0 Å². The highest BCUT2D eigenvalue weighted by Gasteiger charge is 2.19. The lowest BCUT2D eigenvalue weighted by molar-refractivity contribution is -0.119. The Balaban J connectivity index is 1.51. The summed E-state index contributed by atoms with van der Waals surface area (Å²) in [6.07, 6.45) is 0. The third kappa shape index (κ3) is 5.37. The van der Waals surface area contributed by atoms with E-state index in [0.29, 0.717) is 22.2 Å². The molecule has 0 atom stereocenters. The van der Waals surface area contributed by atoms with Crippen LogP contribution in [0.1, 0.15) is 10.4 Å². The molecular weight excluding hydrogens is 466 g/mol. The van der Waals surface area contributed by atoms with Crippen molar-refractivity contribution >= 4 is 38.5 Å². The Morgan fingerprint density at radius 3 is 2.37 bits per heavy atom. The Morgan fingerprint density at radius 2 is 1.63 bits per heavy atom. The molecule has 9 heteroatoms. The van der Waals surface area contributed by atoms with E-state index >= 15 is 0 Å². The van der Waals surface area contributed by atoms with Crippen molar-refractivity contribution in [3.8, 4) is 11.3 Å². The number of aromatic nitrogens is 1. The van der Waals surface area contributed by atoms with E-state index in [0.717, 1.165) is 9.87 Å². The minimum atomic E-state index is -3.65. The van der Waals surface area contributed by atoms with Crippen LogP contribution >= 0.6 is 0 Å². The van der Waals surface area contributed by atoms with Crippen LogP contribution in [0.2, 0.25) is 0 Å². The summed E-state index contributed by atoms with van der Waals surface area (Å²) in [5.41, 5.74) is 2.65. The quantitative estimate of drug-likeness (QED) is 0.394. The van der Waals surface area contributed by atoms with Gasteiger partial charge in [0.25, 0.3) is 5.91 Å². The second kappa shape index (κ2) is 10.0. The van der Waals surface area contributed by atoms with Crippen molar-refractivity contribution in [3.05, 3.63) is 90.5 Å². The number of rotatable bonds is 7. The van der Waals surface area contributed by atoms with Crippen LogP contribution in [0.4, 0.5) is 5.69 Å². The van der Waals surface area contributed by atoms with Crippen LogP contribution in [-0.2, 0) is 19.6 Å². The molecule has 0 aliphatic carbocycles. The molecule has 0 aliphatic heterocycles. The fourth-order valence-corrected chi connectivity index (χ4v) is 4.40. The first-order valence-electron chi connectivity index (χ1n) is 10.7. The van der Waals surface area contributed by atoms with E-state index in [9.17, 15) is 18.0 Å². The third-order valence-electron chi connectivity index (χ3n) is 5.24. The number of anilines is 1. The third-order valence-corrected chi connectivity index (χ3v) is 7.05. The fraction of sp³-hybridized carbons (Fsp3) is 0.115. The normalized spacial score (nSPS) is 11.4. The van der Waals surface area contributed by atoms with Crippen LogP contribution in [-0.4, -0.2) is 50.3 Å². The standard InChI is InChI=1S/C26H23N3O5S/c1-29(2)35(32,33)20-12-8-11-19(15-20)27-25(30)17-34-26(31)22-16-24(18-9-4-3-5-10-18)28-23-14-7-6-13-21(22)23/h3-16H,17H2,1-2H3,(H,27,30). The summed E-state index contributed by atoms with van der Waals surface area (Å²) in [6.45, 7) is -0.541. The zero-order valence-electron chi connectivity index (χ0n) is 19.1. The lowest BCUT2D eigenvalue weighted by Gasteiger charge is -2.13. The molecule has 0 unspecified atom stereocenters. The second-order valence-electron chi connectivity index (χ2n) is 7.88. The molecule has 0 saturated heterocycles. The molecular formula is C26H23N3O5S. The highest BCUT2D eigenvalue weighted by Crippen LogP contribution is 2.25. The van der Waals surface area contributed by atoms with Gasteiger partial charge in [0.2, 0.25) is 10.0 Å². The van der Waals surface area contributed by atoms with Gasteiger partial charge >= 0.3 is 5.97 Å².